The molecule has 0 bridgehead atoms. The van der Waals surface area contributed by atoms with E-state index in [4.69, 9.17) is 0 Å². The molecule has 0 spiro atoms. The van der Waals surface area contributed by atoms with E-state index >= 15 is 0 Å². The zero-order chi connectivity index (χ0) is 14.4. The molecule has 1 atom stereocenters. The van der Waals surface area contributed by atoms with Crippen molar-refractivity contribution >= 4 is 11.9 Å². The zero-order valence-electron chi connectivity index (χ0n) is 12.6. The van der Waals surface area contributed by atoms with Crippen LogP contribution in [0.4, 0.5) is 0 Å². The van der Waals surface area contributed by atoms with Crippen LogP contribution in [0.2, 0.25) is 0 Å². The third-order valence-corrected chi connectivity index (χ3v) is 2.68. The van der Waals surface area contributed by atoms with Crippen molar-refractivity contribution in [3.05, 3.63) is 60.2 Å². The number of hydrogen-bond donors (Lipinski definition) is 2. The van der Waals surface area contributed by atoms with E-state index in [0.29, 0.717) is 0 Å². The minimum absolute atomic E-state index is 0. The Morgan fingerprint density at radius 2 is 1.95 bits per heavy atom. The largest absolute Gasteiger partial charge is 1.00 e. The number of nitrogens with zero attached hydrogens (tertiary/aromatic N) is 2. The van der Waals surface area contributed by atoms with E-state index in [9.17, 15) is 14.7 Å². The first kappa shape index (κ1) is 17.3. The summed E-state index contributed by atoms with van der Waals surface area (Å²) in [5.41, 5.74) is 0.922. The molecule has 0 saturated heterocycles. The minimum Gasteiger partial charge on any atom is -1.00 e. The van der Waals surface area contributed by atoms with Gasteiger partial charge in [0, 0.05) is 18.8 Å². The van der Waals surface area contributed by atoms with Crippen LogP contribution in [0.25, 0.3) is 0 Å². The quantitative estimate of drug-likeness (QED) is 0.624. The van der Waals surface area contributed by atoms with E-state index in [1.165, 1.54) is 18.6 Å². The van der Waals surface area contributed by atoms with Crippen LogP contribution in [-0.2, 0) is 11.2 Å². The molecule has 0 radical (unpaired) electrons. The number of carbonyl (C=O) groups excluding carboxylic acids is 1. The molecule has 0 unspecified atom stereocenters. The van der Waals surface area contributed by atoms with Gasteiger partial charge in [0.1, 0.15) is 11.7 Å². The molecule has 6 nitrogen and oxygen atoms in total. The van der Waals surface area contributed by atoms with Gasteiger partial charge in [-0.25, -0.2) is 9.78 Å². The van der Waals surface area contributed by atoms with Gasteiger partial charge in [0.15, 0.2) is 0 Å². The maximum absolute atomic E-state index is 11.9. The van der Waals surface area contributed by atoms with Crippen molar-refractivity contribution in [1.29, 1.82) is 0 Å². The molecule has 2 N–H and O–H groups in total. The number of nitrogens with one attached hydrogen (secondary N) is 1. The molecule has 0 saturated carbocycles. The summed E-state index contributed by atoms with van der Waals surface area (Å²) in [4.78, 5) is 30.7. The summed E-state index contributed by atoms with van der Waals surface area (Å²) in [6, 6.07) is 8.09. The summed E-state index contributed by atoms with van der Waals surface area (Å²) in [6.45, 7) is 0. The van der Waals surface area contributed by atoms with Gasteiger partial charge in [-0.3, -0.25) is 9.78 Å². The van der Waals surface area contributed by atoms with E-state index in [-0.39, 0.29) is 43.1 Å². The Kier molecular flexibility index (Phi) is 7.01. The molecule has 0 aliphatic carbocycles. The van der Waals surface area contributed by atoms with Crippen LogP contribution in [0, 0.1) is 0 Å². The molecular formula is C14H14N3NaO3. The van der Waals surface area contributed by atoms with Crippen LogP contribution in [0.3, 0.4) is 0 Å². The molecule has 1 aromatic carbocycles. The van der Waals surface area contributed by atoms with E-state index in [2.05, 4.69) is 15.3 Å². The Bertz CT molecular complexity index is 599. The van der Waals surface area contributed by atoms with Crippen LogP contribution in [0.15, 0.2) is 48.9 Å². The average Bonchev–Trinajstić information content (AvgIpc) is 2.48. The molecule has 2 aromatic rings. The van der Waals surface area contributed by atoms with Crippen LogP contribution in [0.1, 0.15) is 17.5 Å². The number of aliphatic carboxylic acids is 1. The van der Waals surface area contributed by atoms with E-state index < -0.39 is 17.9 Å². The summed E-state index contributed by atoms with van der Waals surface area (Å²) in [6.07, 6.45) is 4.32. The van der Waals surface area contributed by atoms with Gasteiger partial charge in [-0.2, -0.15) is 0 Å². The summed E-state index contributed by atoms with van der Waals surface area (Å²) < 4.78 is 0. The number of carbonyl (C=O) groups is 2. The van der Waals surface area contributed by atoms with Crippen molar-refractivity contribution in [3.63, 3.8) is 0 Å². The fourth-order valence-electron chi connectivity index (χ4n) is 1.70. The fraction of sp³-hybridized carbons (Fsp3) is 0.143. The zero-order valence-corrected chi connectivity index (χ0v) is 13.6. The Balaban J connectivity index is 0.00000220. The van der Waals surface area contributed by atoms with E-state index in [0.717, 1.165) is 5.56 Å². The summed E-state index contributed by atoms with van der Waals surface area (Å²) >= 11 is 0. The van der Waals surface area contributed by atoms with Gasteiger partial charge < -0.3 is 11.8 Å². The number of rotatable bonds is 5. The molecule has 21 heavy (non-hydrogen) atoms. The van der Waals surface area contributed by atoms with Crippen molar-refractivity contribution in [2.45, 2.75) is 12.5 Å². The summed E-state index contributed by atoms with van der Waals surface area (Å²) in [5, 5.41) is 11.6. The van der Waals surface area contributed by atoms with Gasteiger partial charge in [0.2, 0.25) is 0 Å². The number of carboxylic acid groups (broad SMARTS) is 1. The Hall–Kier alpha value is -1.76. The molecule has 0 aliphatic rings. The third-order valence-electron chi connectivity index (χ3n) is 2.68. The summed E-state index contributed by atoms with van der Waals surface area (Å²) in [7, 11) is 0. The Morgan fingerprint density at radius 3 is 2.52 bits per heavy atom. The third kappa shape index (κ3) is 5.26. The predicted molar refractivity (Wildman–Crippen MR) is 72.2 cm³/mol. The van der Waals surface area contributed by atoms with Crippen molar-refractivity contribution in [1.82, 2.24) is 15.3 Å². The van der Waals surface area contributed by atoms with Gasteiger partial charge in [-0.05, 0) is 5.56 Å². The molecule has 104 valence electrons. The van der Waals surface area contributed by atoms with E-state index in [1.54, 1.807) is 0 Å². The first-order valence-electron chi connectivity index (χ1n) is 6.00. The molecule has 1 amide bonds. The normalized spacial score (nSPS) is 11.0. The van der Waals surface area contributed by atoms with Gasteiger partial charge in [-0.1, -0.05) is 30.3 Å². The molecule has 1 aromatic heterocycles. The van der Waals surface area contributed by atoms with Crippen molar-refractivity contribution in [2.24, 2.45) is 0 Å². The monoisotopic (exact) mass is 295 g/mol. The molecule has 0 aliphatic heterocycles. The second kappa shape index (κ2) is 8.51. The summed E-state index contributed by atoms with van der Waals surface area (Å²) in [5.74, 6) is -1.65. The van der Waals surface area contributed by atoms with Gasteiger partial charge in [0.25, 0.3) is 5.91 Å². The fourth-order valence-corrected chi connectivity index (χ4v) is 1.70. The van der Waals surface area contributed by atoms with Crippen molar-refractivity contribution in [2.75, 3.05) is 0 Å². The Labute approximate surface area is 145 Å². The predicted octanol–water partition coefficient (Wildman–Crippen LogP) is -1.98. The molecule has 7 heteroatoms. The van der Waals surface area contributed by atoms with Gasteiger partial charge in [-0.15, -0.1) is 0 Å². The van der Waals surface area contributed by atoms with Crippen molar-refractivity contribution < 1.29 is 45.7 Å². The number of aromatic nitrogens is 2. The number of benzene rings is 1. The van der Waals surface area contributed by atoms with Crippen LogP contribution < -0.4 is 34.9 Å². The van der Waals surface area contributed by atoms with Crippen molar-refractivity contribution in [3.8, 4) is 0 Å². The topological polar surface area (TPSA) is 92.2 Å². The Morgan fingerprint density at radius 1 is 1.24 bits per heavy atom. The average molecular weight is 295 g/mol. The van der Waals surface area contributed by atoms with Gasteiger partial charge in [0.05, 0.1) is 6.20 Å². The number of hydrogen-bond acceptors (Lipinski definition) is 4. The molecule has 2 rings (SSSR count). The van der Waals surface area contributed by atoms with Crippen LogP contribution in [-0.4, -0.2) is 33.0 Å². The number of amides is 1. The second-order valence-electron chi connectivity index (χ2n) is 4.14. The SMILES string of the molecule is O=C(N[C@@H](Cc1ccccc1)C(=O)O)c1cnccn1.[H-].[Na+]. The van der Waals surface area contributed by atoms with Crippen LogP contribution in [0.5, 0.6) is 0 Å². The first-order valence-corrected chi connectivity index (χ1v) is 6.00. The smallest absolute Gasteiger partial charge is 1.00 e. The maximum Gasteiger partial charge on any atom is 1.00 e. The molecule has 1 heterocycles. The van der Waals surface area contributed by atoms with Crippen LogP contribution >= 0.6 is 0 Å². The second-order valence-corrected chi connectivity index (χ2v) is 4.14. The van der Waals surface area contributed by atoms with Gasteiger partial charge >= 0.3 is 35.5 Å². The minimum atomic E-state index is -1.09. The molecular weight excluding hydrogens is 281 g/mol. The first-order chi connectivity index (χ1) is 9.66. The molecule has 0 fully saturated rings. The van der Waals surface area contributed by atoms with E-state index in [1.807, 2.05) is 30.3 Å². The standard InChI is InChI=1S/C14H13N3O3.Na.H/c18-13(12-9-15-6-7-16-12)17-11(14(19)20)8-10-4-2-1-3-5-10;;/h1-7,9,11H,8H2,(H,17,18)(H,19,20);;/q;+1;-1/t11-;;/m0../s1. The number of carboxylic acids is 1. The maximum atomic E-state index is 11.9.